The highest BCUT2D eigenvalue weighted by molar-refractivity contribution is 5.22. The van der Waals surface area contributed by atoms with Crippen LogP contribution in [-0.2, 0) is 5.60 Å². The second kappa shape index (κ2) is 3.91. The standard InChI is InChI=1S/C12H16FNO/c1-12(15,8-14-11-6-7-11)9-2-4-10(13)5-3-9/h2-5,11,14-15H,6-8H2,1H3. The van der Waals surface area contributed by atoms with Crippen molar-refractivity contribution in [3.05, 3.63) is 35.6 Å². The molecule has 0 amide bonds. The Kier molecular flexibility index (Phi) is 2.76. The molecule has 0 saturated heterocycles. The topological polar surface area (TPSA) is 32.3 Å². The van der Waals surface area contributed by atoms with Gasteiger partial charge in [-0.05, 0) is 37.5 Å². The van der Waals surface area contributed by atoms with E-state index in [9.17, 15) is 9.50 Å². The molecule has 1 saturated carbocycles. The van der Waals surface area contributed by atoms with E-state index in [2.05, 4.69) is 5.32 Å². The molecule has 1 atom stereocenters. The highest BCUT2D eigenvalue weighted by atomic mass is 19.1. The Balaban J connectivity index is 2.02. The lowest BCUT2D eigenvalue weighted by Crippen LogP contribution is -2.36. The largest absolute Gasteiger partial charge is 0.384 e. The Bertz CT molecular complexity index is 330. The lowest BCUT2D eigenvalue weighted by Gasteiger charge is -2.24. The monoisotopic (exact) mass is 209 g/mol. The van der Waals surface area contributed by atoms with Crippen molar-refractivity contribution in [1.29, 1.82) is 0 Å². The fourth-order valence-electron chi connectivity index (χ4n) is 1.54. The van der Waals surface area contributed by atoms with E-state index >= 15 is 0 Å². The molecular formula is C12H16FNO. The predicted octanol–water partition coefficient (Wildman–Crippen LogP) is 1.79. The molecule has 82 valence electrons. The molecule has 1 aliphatic carbocycles. The number of hydrogen-bond donors (Lipinski definition) is 2. The molecule has 2 N–H and O–H groups in total. The van der Waals surface area contributed by atoms with Gasteiger partial charge in [0.25, 0.3) is 0 Å². The summed E-state index contributed by atoms with van der Waals surface area (Å²) in [5, 5.41) is 13.4. The highest BCUT2D eigenvalue weighted by Crippen LogP contribution is 2.23. The quantitative estimate of drug-likeness (QED) is 0.792. The summed E-state index contributed by atoms with van der Waals surface area (Å²) in [6.07, 6.45) is 2.39. The van der Waals surface area contributed by atoms with E-state index in [0.29, 0.717) is 12.6 Å². The van der Waals surface area contributed by atoms with E-state index in [-0.39, 0.29) is 5.82 Å². The van der Waals surface area contributed by atoms with Crippen LogP contribution in [0.5, 0.6) is 0 Å². The minimum absolute atomic E-state index is 0.273. The molecule has 0 aliphatic heterocycles. The predicted molar refractivity (Wildman–Crippen MR) is 57.0 cm³/mol. The molecule has 1 aliphatic rings. The van der Waals surface area contributed by atoms with E-state index in [1.807, 2.05) is 0 Å². The van der Waals surface area contributed by atoms with Crippen molar-refractivity contribution >= 4 is 0 Å². The lowest BCUT2D eigenvalue weighted by atomic mass is 9.96. The highest BCUT2D eigenvalue weighted by Gasteiger charge is 2.27. The first kappa shape index (κ1) is 10.6. The summed E-state index contributed by atoms with van der Waals surface area (Å²) in [6.45, 7) is 2.26. The summed E-state index contributed by atoms with van der Waals surface area (Å²) in [6, 6.07) is 6.58. The van der Waals surface area contributed by atoms with E-state index in [4.69, 9.17) is 0 Å². The van der Waals surface area contributed by atoms with Crippen LogP contribution in [0.1, 0.15) is 25.3 Å². The van der Waals surface area contributed by atoms with Crippen molar-refractivity contribution in [2.24, 2.45) is 0 Å². The smallest absolute Gasteiger partial charge is 0.123 e. The molecule has 0 bridgehead atoms. The van der Waals surface area contributed by atoms with Crippen molar-refractivity contribution in [2.45, 2.75) is 31.4 Å². The molecule has 0 radical (unpaired) electrons. The number of halogens is 1. The Morgan fingerprint density at radius 2 is 2.00 bits per heavy atom. The first-order valence-electron chi connectivity index (χ1n) is 5.30. The van der Waals surface area contributed by atoms with Gasteiger partial charge in [0.1, 0.15) is 5.82 Å². The average Bonchev–Trinajstić information content (AvgIpc) is 2.99. The molecule has 0 heterocycles. The fourth-order valence-corrected chi connectivity index (χ4v) is 1.54. The van der Waals surface area contributed by atoms with Gasteiger partial charge in [-0.1, -0.05) is 12.1 Å². The van der Waals surface area contributed by atoms with Crippen LogP contribution in [0.4, 0.5) is 4.39 Å². The van der Waals surface area contributed by atoms with Gasteiger partial charge >= 0.3 is 0 Å². The number of rotatable bonds is 4. The van der Waals surface area contributed by atoms with Crippen LogP contribution >= 0.6 is 0 Å². The third-order valence-electron chi connectivity index (χ3n) is 2.78. The maximum atomic E-state index is 12.7. The molecule has 2 nitrogen and oxygen atoms in total. The Morgan fingerprint density at radius 3 is 2.53 bits per heavy atom. The minimum atomic E-state index is -0.920. The van der Waals surface area contributed by atoms with Crippen LogP contribution in [0.15, 0.2) is 24.3 Å². The maximum absolute atomic E-state index is 12.7. The first-order chi connectivity index (χ1) is 7.08. The molecule has 15 heavy (non-hydrogen) atoms. The van der Waals surface area contributed by atoms with Crippen LogP contribution in [0.2, 0.25) is 0 Å². The summed E-state index contributed by atoms with van der Waals surface area (Å²) in [4.78, 5) is 0. The van der Waals surface area contributed by atoms with E-state index < -0.39 is 5.60 Å². The summed E-state index contributed by atoms with van der Waals surface area (Å²) in [5.41, 5.74) is -0.173. The first-order valence-corrected chi connectivity index (χ1v) is 5.30. The molecule has 2 rings (SSSR count). The molecule has 0 spiro atoms. The second-order valence-electron chi connectivity index (χ2n) is 4.44. The third kappa shape index (κ3) is 2.76. The van der Waals surface area contributed by atoms with E-state index in [0.717, 1.165) is 5.56 Å². The zero-order valence-electron chi connectivity index (χ0n) is 8.83. The fraction of sp³-hybridized carbons (Fsp3) is 0.500. The van der Waals surface area contributed by atoms with Crippen LogP contribution in [-0.4, -0.2) is 17.7 Å². The Morgan fingerprint density at radius 1 is 1.40 bits per heavy atom. The lowest BCUT2D eigenvalue weighted by molar-refractivity contribution is 0.0565. The summed E-state index contributed by atoms with van der Waals surface area (Å²) in [5.74, 6) is -0.273. The summed E-state index contributed by atoms with van der Waals surface area (Å²) in [7, 11) is 0. The van der Waals surface area contributed by atoms with Gasteiger partial charge in [0.15, 0.2) is 0 Å². The van der Waals surface area contributed by atoms with Gasteiger partial charge in [0, 0.05) is 12.6 Å². The van der Waals surface area contributed by atoms with Crippen molar-refractivity contribution in [1.82, 2.24) is 5.32 Å². The number of benzene rings is 1. The van der Waals surface area contributed by atoms with Crippen molar-refractivity contribution in [2.75, 3.05) is 6.54 Å². The van der Waals surface area contributed by atoms with Crippen LogP contribution < -0.4 is 5.32 Å². The molecule has 3 heteroatoms. The van der Waals surface area contributed by atoms with Gasteiger partial charge < -0.3 is 10.4 Å². The SMILES string of the molecule is CC(O)(CNC1CC1)c1ccc(F)cc1. The molecule has 0 aromatic heterocycles. The Labute approximate surface area is 89.1 Å². The van der Waals surface area contributed by atoms with Crippen LogP contribution in [0.25, 0.3) is 0 Å². The second-order valence-corrected chi connectivity index (χ2v) is 4.44. The normalized spacial score (nSPS) is 19.9. The maximum Gasteiger partial charge on any atom is 0.123 e. The van der Waals surface area contributed by atoms with Gasteiger partial charge in [-0.2, -0.15) is 0 Å². The minimum Gasteiger partial charge on any atom is -0.384 e. The zero-order valence-corrected chi connectivity index (χ0v) is 8.83. The number of nitrogens with one attached hydrogen (secondary N) is 1. The van der Waals surface area contributed by atoms with Gasteiger partial charge in [0.05, 0.1) is 5.60 Å². The van der Waals surface area contributed by atoms with Crippen molar-refractivity contribution < 1.29 is 9.50 Å². The summed E-state index contributed by atoms with van der Waals surface area (Å²) >= 11 is 0. The van der Waals surface area contributed by atoms with Gasteiger partial charge in [-0.15, -0.1) is 0 Å². The zero-order chi connectivity index (χ0) is 10.9. The number of hydrogen-bond acceptors (Lipinski definition) is 2. The molecular weight excluding hydrogens is 193 g/mol. The van der Waals surface area contributed by atoms with E-state index in [1.165, 1.54) is 25.0 Å². The Hall–Kier alpha value is -0.930. The molecule has 1 aromatic rings. The average molecular weight is 209 g/mol. The van der Waals surface area contributed by atoms with Crippen LogP contribution in [0, 0.1) is 5.82 Å². The van der Waals surface area contributed by atoms with Crippen molar-refractivity contribution in [3.8, 4) is 0 Å². The summed E-state index contributed by atoms with van der Waals surface area (Å²) < 4.78 is 12.7. The van der Waals surface area contributed by atoms with Crippen LogP contribution in [0.3, 0.4) is 0 Å². The number of aliphatic hydroxyl groups is 1. The third-order valence-corrected chi connectivity index (χ3v) is 2.78. The van der Waals surface area contributed by atoms with Gasteiger partial charge in [-0.25, -0.2) is 4.39 Å². The molecule has 1 unspecified atom stereocenters. The van der Waals surface area contributed by atoms with Crippen molar-refractivity contribution in [3.63, 3.8) is 0 Å². The van der Waals surface area contributed by atoms with E-state index in [1.54, 1.807) is 19.1 Å². The molecule has 1 fully saturated rings. The van der Waals surface area contributed by atoms with Gasteiger partial charge in [-0.3, -0.25) is 0 Å². The molecule has 1 aromatic carbocycles. The van der Waals surface area contributed by atoms with Gasteiger partial charge in [0.2, 0.25) is 0 Å².